The number of anilines is 1. The van der Waals surface area contributed by atoms with Gasteiger partial charge in [0.15, 0.2) is 11.3 Å². The average molecular weight is 374 g/mol. The van der Waals surface area contributed by atoms with Crippen molar-refractivity contribution in [3.63, 3.8) is 0 Å². The number of nitrogens with zero attached hydrogens (tertiary/aromatic N) is 3. The molecule has 3 rings (SSSR count). The predicted molar refractivity (Wildman–Crippen MR) is 105 cm³/mol. The van der Waals surface area contributed by atoms with Crippen molar-refractivity contribution in [1.82, 2.24) is 16.0 Å². The zero-order valence-electron chi connectivity index (χ0n) is 16.3. The Bertz CT molecular complexity index is 820. The van der Waals surface area contributed by atoms with Gasteiger partial charge in [-0.1, -0.05) is 24.3 Å². The van der Waals surface area contributed by atoms with Gasteiger partial charge in [-0.05, 0) is 44.0 Å². The fourth-order valence-corrected chi connectivity index (χ4v) is 3.21. The number of morpholine rings is 1. The highest BCUT2D eigenvalue weighted by Gasteiger charge is 2.26. The van der Waals surface area contributed by atoms with E-state index in [4.69, 9.17) is 20.7 Å². The molecule has 8 heteroatoms. The van der Waals surface area contributed by atoms with Crippen molar-refractivity contribution >= 4 is 5.82 Å². The number of ether oxygens (including phenoxy) is 2. The molecule has 148 valence electrons. The number of hydrogen-bond donors (Lipinski definition) is 3. The number of nitrogen functional groups attached to an aromatic ring is 1. The van der Waals surface area contributed by atoms with Crippen LogP contribution in [0.3, 0.4) is 0 Å². The number of nitrogens with two attached hydrogens (primary N) is 1. The van der Waals surface area contributed by atoms with Crippen LogP contribution < -0.4 is 22.4 Å². The van der Waals surface area contributed by atoms with Crippen LogP contribution in [0.15, 0.2) is 36.4 Å². The Morgan fingerprint density at radius 3 is 2.81 bits per heavy atom. The first-order valence-electron chi connectivity index (χ1n) is 8.91. The molecular formula is C19H30N6O2. The molecule has 8 nitrogen and oxygen atoms in total. The molecule has 1 atom stereocenters. The Hall–Kier alpha value is -2.42. The monoisotopic (exact) mass is 374 g/mol. The lowest BCUT2D eigenvalue weighted by Gasteiger charge is -2.34. The molecular weight excluding hydrogens is 344 g/mol. The van der Waals surface area contributed by atoms with Crippen LogP contribution in [0.4, 0.5) is 5.82 Å². The van der Waals surface area contributed by atoms with Crippen molar-refractivity contribution in [2.24, 2.45) is 0 Å². The Morgan fingerprint density at radius 2 is 2.11 bits per heavy atom. The molecule has 1 fully saturated rings. The highest BCUT2D eigenvalue weighted by molar-refractivity contribution is 5.39. The highest BCUT2D eigenvalue weighted by atomic mass is 16.5. The molecule has 1 unspecified atom stereocenters. The van der Waals surface area contributed by atoms with E-state index in [0.717, 1.165) is 28.3 Å². The summed E-state index contributed by atoms with van der Waals surface area (Å²) in [7, 11) is 0. The van der Waals surface area contributed by atoms with E-state index < -0.39 is 0 Å². The minimum atomic E-state index is -0.338. The van der Waals surface area contributed by atoms with Crippen LogP contribution in [0, 0.1) is 5.41 Å². The van der Waals surface area contributed by atoms with E-state index in [1.54, 1.807) is 6.07 Å². The van der Waals surface area contributed by atoms with E-state index in [1.165, 1.54) is 0 Å². The van der Waals surface area contributed by atoms with Crippen molar-refractivity contribution in [1.29, 1.82) is 5.41 Å². The number of nitrogens with one attached hydrogen (secondary N) is 1. The summed E-state index contributed by atoms with van der Waals surface area (Å²) in [5, 5.41) is 11.9. The van der Waals surface area contributed by atoms with Gasteiger partial charge in [-0.25, -0.2) is 0 Å². The molecule has 1 aliphatic heterocycles. The smallest absolute Gasteiger partial charge is 0.164 e. The number of aromatic nitrogens is 2. The summed E-state index contributed by atoms with van der Waals surface area (Å²) in [5.41, 5.74) is 2.09. The number of benzene rings is 1. The highest BCUT2D eigenvalue weighted by Crippen LogP contribution is 2.30. The van der Waals surface area contributed by atoms with E-state index in [1.807, 2.05) is 13.0 Å². The van der Waals surface area contributed by atoms with Gasteiger partial charge in [0.25, 0.3) is 0 Å². The lowest BCUT2D eigenvalue weighted by atomic mass is 9.94. The molecule has 0 spiro atoms. The predicted octanol–water partition coefficient (Wildman–Crippen LogP) is 2.09. The van der Waals surface area contributed by atoms with Gasteiger partial charge >= 0.3 is 0 Å². The van der Waals surface area contributed by atoms with E-state index in [-0.39, 0.29) is 23.3 Å². The standard InChI is InChI=1S/C19H27N5O2.H3N/c1-4-26-19(2,3)15-7-5-6-14(12-15)16-13-23(10-11-25-16)18-9-8-17(20)24(21)22-18;/h5-9,12,16,20H,4,10-11,13,21H2,1-3H3;1H3. The minimum Gasteiger partial charge on any atom is -0.371 e. The van der Waals surface area contributed by atoms with Crippen LogP contribution in [0.2, 0.25) is 0 Å². The molecule has 0 bridgehead atoms. The number of rotatable bonds is 5. The second kappa shape index (κ2) is 8.51. The van der Waals surface area contributed by atoms with Crippen molar-refractivity contribution in [3.8, 4) is 0 Å². The van der Waals surface area contributed by atoms with Crippen molar-refractivity contribution in [3.05, 3.63) is 53.0 Å². The summed E-state index contributed by atoms with van der Waals surface area (Å²) in [6, 6.07) is 11.9. The Morgan fingerprint density at radius 1 is 1.33 bits per heavy atom. The fourth-order valence-electron chi connectivity index (χ4n) is 3.21. The third-order valence-corrected chi connectivity index (χ3v) is 4.70. The summed E-state index contributed by atoms with van der Waals surface area (Å²) in [4.78, 5) is 3.22. The zero-order valence-corrected chi connectivity index (χ0v) is 16.3. The van der Waals surface area contributed by atoms with Gasteiger partial charge in [0.1, 0.15) is 6.10 Å². The van der Waals surface area contributed by atoms with Gasteiger partial charge in [-0.2, -0.15) is 4.79 Å². The molecule has 1 aromatic carbocycles. The average Bonchev–Trinajstić information content (AvgIpc) is 2.64. The Kier molecular flexibility index (Phi) is 6.59. The molecule has 0 amide bonds. The molecule has 1 aromatic heterocycles. The summed E-state index contributed by atoms with van der Waals surface area (Å²) >= 11 is 0. The van der Waals surface area contributed by atoms with E-state index >= 15 is 0 Å². The quantitative estimate of drug-likeness (QED) is 0.688. The first-order chi connectivity index (χ1) is 12.4. The summed E-state index contributed by atoms with van der Waals surface area (Å²) in [6.07, 6.45) is -0.0511. The van der Waals surface area contributed by atoms with Gasteiger partial charge in [0.2, 0.25) is 0 Å². The Balaban J connectivity index is 0.00000261. The van der Waals surface area contributed by atoms with Gasteiger partial charge in [-0.15, -0.1) is 5.10 Å². The summed E-state index contributed by atoms with van der Waals surface area (Å²) in [6.45, 7) is 8.87. The molecule has 1 aliphatic rings. The molecule has 1 saturated heterocycles. The second-order valence-corrected chi connectivity index (χ2v) is 6.90. The van der Waals surface area contributed by atoms with Crippen molar-refractivity contribution in [2.45, 2.75) is 32.5 Å². The molecule has 0 radical (unpaired) electrons. The molecule has 27 heavy (non-hydrogen) atoms. The van der Waals surface area contributed by atoms with Crippen LogP contribution in [0.1, 0.15) is 38.0 Å². The lowest BCUT2D eigenvalue weighted by Crippen LogP contribution is -2.40. The molecule has 0 aliphatic carbocycles. The normalized spacial score (nSPS) is 17.4. The maximum Gasteiger partial charge on any atom is 0.164 e. The maximum atomic E-state index is 7.64. The zero-order chi connectivity index (χ0) is 18.7. The van der Waals surface area contributed by atoms with Crippen LogP contribution in [0.5, 0.6) is 0 Å². The third-order valence-electron chi connectivity index (χ3n) is 4.70. The lowest BCUT2D eigenvalue weighted by molar-refractivity contribution is -0.0144. The SMILES string of the molecule is CCOC(C)(C)c1cccc(C2CN(c3ccc(=N)n(N)n3)CCO2)c1.N. The largest absolute Gasteiger partial charge is 0.371 e. The number of hydrogen-bond acceptors (Lipinski definition) is 7. The fraction of sp³-hybridized carbons (Fsp3) is 0.474. The maximum absolute atomic E-state index is 7.64. The van der Waals surface area contributed by atoms with Gasteiger partial charge in [-0.3, -0.25) is 5.41 Å². The molecule has 0 saturated carbocycles. The van der Waals surface area contributed by atoms with Crippen LogP contribution in [0.25, 0.3) is 0 Å². The van der Waals surface area contributed by atoms with Gasteiger partial charge < -0.3 is 26.4 Å². The minimum absolute atomic E-state index is 0. The summed E-state index contributed by atoms with van der Waals surface area (Å²) in [5.74, 6) is 6.47. The van der Waals surface area contributed by atoms with E-state index in [2.05, 4.69) is 48.1 Å². The van der Waals surface area contributed by atoms with Crippen LogP contribution in [-0.4, -0.2) is 36.2 Å². The molecule has 6 N–H and O–H groups in total. The van der Waals surface area contributed by atoms with Gasteiger partial charge in [0, 0.05) is 19.7 Å². The second-order valence-electron chi connectivity index (χ2n) is 6.90. The van der Waals surface area contributed by atoms with E-state index in [9.17, 15) is 0 Å². The Labute approximate surface area is 160 Å². The van der Waals surface area contributed by atoms with Crippen molar-refractivity contribution in [2.75, 3.05) is 37.0 Å². The summed E-state index contributed by atoms with van der Waals surface area (Å²) < 4.78 is 11.9. The van der Waals surface area contributed by atoms with Crippen LogP contribution >= 0.6 is 0 Å². The van der Waals surface area contributed by atoms with Gasteiger partial charge in [0.05, 0.1) is 12.2 Å². The first kappa shape index (κ1) is 20.9. The third kappa shape index (κ3) is 4.65. The van der Waals surface area contributed by atoms with Crippen molar-refractivity contribution < 1.29 is 9.47 Å². The topological polar surface area (TPSA) is 124 Å². The van der Waals surface area contributed by atoms with Crippen LogP contribution in [-0.2, 0) is 15.1 Å². The molecule has 2 aromatic rings. The van der Waals surface area contributed by atoms with E-state index in [0.29, 0.717) is 19.8 Å². The molecule has 2 heterocycles. The first-order valence-corrected chi connectivity index (χ1v) is 8.91.